The maximum atomic E-state index is 12.2. The van der Waals surface area contributed by atoms with Crippen LogP contribution in [0, 0.1) is 6.92 Å². The number of benzene rings is 1. The Hall–Kier alpha value is -2.12. The van der Waals surface area contributed by atoms with Gasteiger partial charge in [0.2, 0.25) is 15.9 Å². The standard InChI is InChI=1S/C14H17N3O3S/c1-10-3-5-12(7-13(10)15)21(18,19)17-9-11-4-6-14(20-2)16-8-11/h3-8,17H,9,15H2,1-2H3. The highest BCUT2D eigenvalue weighted by Gasteiger charge is 2.14. The summed E-state index contributed by atoms with van der Waals surface area (Å²) in [5.74, 6) is 0.480. The first kappa shape index (κ1) is 15.3. The van der Waals surface area contributed by atoms with Crippen LogP contribution in [0.5, 0.6) is 5.88 Å². The second-order valence-electron chi connectivity index (χ2n) is 4.55. The van der Waals surface area contributed by atoms with Crippen molar-refractivity contribution >= 4 is 15.7 Å². The van der Waals surface area contributed by atoms with Crippen LogP contribution < -0.4 is 15.2 Å². The van der Waals surface area contributed by atoms with Crippen molar-refractivity contribution in [2.75, 3.05) is 12.8 Å². The van der Waals surface area contributed by atoms with Gasteiger partial charge < -0.3 is 10.5 Å². The van der Waals surface area contributed by atoms with Crippen molar-refractivity contribution in [3.63, 3.8) is 0 Å². The van der Waals surface area contributed by atoms with Gasteiger partial charge in [0.1, 0.15) is 0 Å². The van der Waals surface area contributed by atoms with Gasteiger partial charge in [-0.15, -0.1) is 0 Å². The summed E-state index contributed by atoms with van der Waals surface area (Å²) in [6.07, 6.45) is 1.56. The summed E-state index contributed by atoms with van der Waals surface area (Å²) >= 11 is 0. The normalized spacial score (nSPS) is 11.3. The summed E-state index contributed by atoms with van der Waals surface area (Å²) in [5, 5.41) is 0. The minimum atomic E-state index is -3.60. The van der Waals surface area contributed by atoms with E-state index in [1.807, 2.05) is 6.92 Å². The van der Waals surface area contributed by atoms with Gasteiger partial charge >= 0.3 is 0 Å². The number of anilines is 1. The minimum Gasteiger partial charge on any atom is -0.481 e. The number of aryl methyl sites for hydroxylation is 1. The summed E-state index contributed by atoms with van der Waals surface area (Å²) in [4.78, 5) is 4.16. The van der Waals surface area contributed by atoms with Gasteiger partial charge in [0.25, 0.3) is 0 Å². The van der Waals surface area contributed by atoms with Crippen LogP contribution in [0.25, 0.3) is 0 Å². The number of nitrogens with zero attached hydrogens (tertiary/aromatic N) is 1. The van der Waals surface area contributed by atoms with E-state index in [-0.39, 0.29) is 11.4 Å². The first-order valence-corrected chi connectivity index (χ1v) is 7.75. The number of sulfonamides is 1. The van der Waals surface area contributed by atoms with E-state index in [1.165, 1.54) is 19.2 Å². The van der Waals surface area contributed by atoms with Crippen LogP contribution in [0.2, 0.25) is 0 Å². The summed E-state index contributed by atoms with van der Waals surface area (Å²) in [6, 6.07) is 8.08. The highest BCUT2D eigenvalue weighted by molar-refractivity contribution is 7.89. The van der Waals surface area contributed by atoms with Crippen molar-refractivity contribution in [2.45, 2.75) is 18.4 Å². The Morgan fingerprint density at radius 1 is 1.29 bits per heavy atom. The van der Waals surface area contributed by atoms with E-state index >= 15 is 0 Å². The van der Waals surface area contributed by atoms with Gasteiger partial charge in [0.05, 0.1) is 12.0 Å². The predicted octanol–water partition coefficient (Wildman–Crippen LogP) is 1.46. The molecule has 1 heterocycles. The Bertz CT molecular complexity index is 728. The molecule has 0 aliphatic rings. The van der Waals surface area contributed by atoms with E-state index in [1.54, 1.807) is 24.4 Å². The second-order valence-corrected chi connectivity index (χ2v) is 6.32. The predicted molar refractivity (Wildman–Crippen MR) is 80.4 cm³/mol. The largest absolute Gasteiger partial charge is 0.481 e. The molecule has 0 unspecified atom stereocenters. The van der Waals surface area contributed by atoms with Crippen LogP contribution in [0.1, 0.15) is 11.1 Å². The summed E-state index contributed by atoms with van der Waals surface area (Å²) in [6.45, 7) is 1.97. The minimum absolute atomic E-state index is 0.145. The molecule has 0 radical (unpaired) electrons. The quantitative estimate of drug-likeness (QED) is 0.816. The number of hydrogen-bond acceptors (Lipinski definition) is 5. The van der Waals surface area contributed by atoms with E-state index in [0.29, 0.717) is 11.6 Å². The lowest BCUT2D eigenvalue weighted by Crippen LogP contribution is -2.23. The number of nitrogens with one attached hydrogen (secondary N) is 1. The number of hydrogen-bond donors (Lipinski definition) is 2. The monoisotopic (exact) mass is 307 g/mol. The van der Waals surface area contributed by atoms with Gasteiger partial charge in [-0.3, -0.25) is 0 Å². The molecule has 0 saturated carbocycles. The maximum Gasteiger partial charge on any atom is 0.240 e. The molecule has 2 rings (SSSR count). The first-order valence-electron chi connectivity index (χ1n) is 6.27. The number of rotatable bonds is 5. The molecule has 6 nitrogen and oxygen atoms in total. The average Bonchev–Trinajstić information content (AvgIpc) is 2.48. The Balaban J connectivity index is 2.11. The molecular formula is C14H17N3O3S. The maximum absolute atomic E-state index is 12.2. The molecule has 0 atom stereocenters. The van der Waals surface area contributed by atoms with Crippen LogP contribution in [-0.4, -0.2) is 20.5 Å². The second kappa shape index (κ2) is 6.11. The summed E-state index contributed by atoms with van der Waals surface area (Å²) in [5.41, 5.74) is 7.77. The number of ether oxygens (including phenoxy) is 1. The number of nitrogens with two attached hydrogens (primary N) is 1. The Morgan fingerprint density at radius 3 is 2.62 bits per heavy atom. The number of nitrogen functional groups attached to an aromatic ring is 1. The molecule has 0 aliphatic heterocycles. The lowest BCUT2D eigenvalue weighted by atomic mass is 10.2. The van der Waals surface area contributed by atoms with E-state index in [0.717, 1.165) is 11.1 Å². The Kier molecular flexibility index (Phi) is 4.44. The molecule has 3 N–H and O–H groups in total. The average molecular weight is 307 g/mol. The fourth-order valence-electron chi connectivity index (χ4n) is 1.68. The van der Waals surface area contributed by atoms with Crippen LogP contribution in [0.15, 0.2) is 41.4 Å². The summed E-state index contributed by atoms with van der Waals surface area (Å²) < 4.78 is 31.8. The lowest BCUT2D eigenvalue weighted by Gasteiger charge is -2.09. The summed E-state index contributed by atoms with van der Waals surface area (Å²) in [7, 11) is -2.08. The molecule has 0 saturated heterocycles. The molecule has 0 amide bonds. The van der Waals surface area contributed by atoms with E-state index in [4.69, 9.17) is 10.5 Å². The van der Waals surface area contributed by atoms with Gasteiger partial charge in [0, 0.05) is 24.5 Å². The van der Waals surface area contributed by atoms with E-state index in [2.05, 4.69) is 9.71 Å². The molecule has 0 aliphatic carbocycles. The molecule has 0 fully saturated rings. The molecule has 112 valence electrons. The lowest BCUT2D eigenvalue weighted by molar-refractivity contribution is 0.397. The van der Waals surface area contributed by atoms with Crippen LogP contribution in [-0.2, 0) is 16.6 Å². The zero-order valence-corrected chi connectivity index (χ0v) is 12.6. The highest BCUT2D eigenvalue weighted by atomic mass is 32.2. The van der Waals surface area contributed by atoms with Gasteiger partial charge in [-0.05, 0) is 30.2 Å². The van der Waals surface area contributed by atoms with Crippen LogP contribution in [0.3, 0.4) is 0 Å². The fourth-order valence-corrected chi connectivity index (χ4v) is 2.74. The topological polar surface area (TPSA) is 94.3 Å². The molecule has 7 heteroatoms. The number of pyridine rings is 1. The highest BCUT2D eigenvalue weighted by Crippen LogP contribution is 2.17. The van der Waals surface area contributed by atoms with Gasteiger partial charge in [-0.25, -0.2) is 18.1 Å². The van der Waals surface area contributed by atoms with Crippen molar-refractivity contribution in [1.82, 2.24) is 9.71 Å². The van der Waals surface area contributed by atoms with Crippen molar-refractivity contribution in [1.29, 1.82) is 0 Å². The third kappa shape index (κ3) is 3.71. The third-order valence-electron chi connectivity index (χ3n) is 3.03. The van der Waals surface area contributed by atoms with Gasteiger partial charge in [0.15, 0.2) is 0 Å². The van der Waals surface area contributed by atoms with Crippen molar-refractivity contribution < 1.29 is 13.2 Å². The van der Waals surface area contributed by atoms with E-state index in [9.17, 15) is 8.42 Å². The molecule has 0 bridgehead atoms. The molecular weight excluding hydrogens is 290 g/mol. The van der Waals surface area contributed by atoms with Gasteiger partial charge in [-0.1, -0.05) is 12.1 Å². The van der Waals surface area contributed by atoms with E-state index < -0.39 is 10.0 Å². The molecule has 0 spiro atoms. The fraction of sp³-hybridized carbons (Fsp3) is 0.214. The number of methoxy groups -OCH3 is 1. The van der Waals surface area contributed by atoms with Gasteiger partial charge in [-0.2, -0.15) is 0 Å². The van der Waals surface area contributed by atoms with Crippen molar-refractivity contribution in [3.05, 3.63) is 47.7 Å². The SMILES string of the molecule is COc1ccc(CNS(=O)(=O)c2ccc(C)c(N)c2)cn1. The number of aromatic nitrogens is 1. The molecule has 2 aromatic rings. The van der Waals surface area contributed by atoms with Crippen molar-refractivity contribution in [2.24, 2.45) is 0 Å². The molecule has 21 heavy (non-hydrogen) atoms. The zero-order valence-electron chi connectivity index (χ0n) is 11.8. The van der Waals surface area contributed by atoms with Crippen molar-refractivity contribution in [3.8, 4) is 5.88 Å². The Morgan fingerprint density at radius 2 is 2.05 bits per heavy atom. The Labute approximate surface area is 124 Å². The smallest absolute Gasteiger partial charge is 0.240 e. The van der Waals surface area contributed by atoms with Crippen LogP contribution in [0.4, 0.5) is 5.69 Å². The third-order valence-corrected chi connectivity index (χ3v) is 4.43. The zero-order chi connectivity index (χ0) is 15.5. The first-order chi connectivity index (χ1) is 9.92. The molecule has 1 aromatic heterocycles. The van der Waals surface area contributed by atoms with Crippen LogP contribution >= 0.6 is 0 Å². The molecule has 1 aromatic carbocycles.